The highest BCUT2D eigenvalue weighted by molar-refractivity contribution is 5.48. The van der Waals surface area contributed by atoms with Crippen LogP contribution in [0.3, 0.4) is 0 Å². The van der Waals surface area contributed by atoms with E-state index in [-0.39, 0.29) is 17.0 Å². The maximum Gasteiger partial charge on any atom is 0.210 e. The molecule has 2 rings (SSSR count). The van der Waals surface area contributed by atoms with Gasteiger partial charge in [0.05, 0.1) is 0 Å². The van der Waals surface area contributed by atoms with Crippen molar-refractivity contribution in [2.45, 2.75) is 13.8 Å². The summed E-state index contributed by atoms with van der Waals surface area (Å²) in [4.78, 5) is 2.35. The summed E-state index contributed by atoms with van der Waals surface area (Å²) in [6.45, 7) is 6.47. The predicted octanol–water partition coefficient (Wildman–Crippen LogP) is -0.186. The molecule has 0 saturated carbocycles. The molecule has 0 unspecified atom stereocenters. The molecule has 0 spiro atoms. The van der Waals surface area contributed by atoms with Crippen molar-refractivity contribution < 1.29 is 21.5 Å². The number of anilines is 1. The molecule has 0 bridgehead atoms. The molecule has 0 radical (unpaired) electrons. The lowest BCUT2D eigenvalue weighted by molar-refractivity contribution is -0.595. The van der Waals surface area contributed by atoms with Crippen LogP contribution in [0.2, 0.25) is 0 Å². The van der Waals surface area contributed by atoms with E-state index in [0.29, 0.717) is 0 Å². The standard InChI is InChI=1S/C15H19N2.BrH/c1-3-16(4-2)14-8-10-15(11-9-14)17-12-6-5-7-13-17;/h5-13H,3-4H2,1-2H3;1H/q+1;/p-1. The van der Waals surface area contributed by atoms with Crippen LogP contribution in [0.25, 0.3) is 5.69 Å². The summed E-state index contributed by atoms with van der Waals surface area (Å²) in [5.41, 5.74) is 2.48. The lowest BCUT2D eigenvalue weighted by Crippen LogP contribution is -3.00. The zero-order valence-corrected chi connectivity index (χ0v) is 12.5. The Kier molecular flexibility index (Phi) is 5.86. The number of rotatable bonds is 4. The predicted molar refractivity (Wildman–Crippen MR) is 71.5 cm³/mol. The second-order valence-corrected chi connectivity index (χ2v) is 3.97. The van der Waals surface area contributed by atoms with Gasteiger partial charge in [0, 0.05) is 43.0 Å². The van der Waals surface area contributed by atoms with Crippen molar-refractivity contribution in [3.8, 4) is 5.69 Å². The summed E-state index contributed by atoms with van der Waals surface area (Å²) >= 11 is 0. The van der Waals surface area contributed by atoms with Gasteiger partial charge >= 0.3 is 0 Å². The highest BCUT2D eigenvalue weighted by Crippen LogP contribution is 2.14. The molecule has 2 nitrogen and oxygen atoms in total. The van der Waals surface area contributed by atoms with Gasteiger partial charge in [-0.2, -0.15) is 4.57 Å². The fourth-order valence-corrected chi connectivity index (χ4v) is 2.00. The maximum absolute atomic E-state index is 2.35. The van der Waals surface area contributed by atoms with E-state index in [4.69, 9.17) is 0 Å². The first-order valence-electron chi connectivity index (χ1n) is 6.16. The second-order valence-electron chi connectivity index (χ2n) is 3.97. The Balaban J connectivity index is 0.00000162. The minimum atomic E-state index is 0. The van der Waals surface area contributed by atoms with Crippen LogP contribution in [0.1, 0.15) is 13.8 Å². The van der Waals surface area contributed by atoms with Crippen LogP contribution in [0.5, 0.6) is 0 Å². The molecule has 0 aliphatic carbocycles. The Hall–Kier alpha value is -1.35. The van der Waals surface area contributed by atoms with Gasteiger partial charge in [0.1, 0.15) is 0 Å². The molecule has 0 aliphatic rings. The van der Waals surface area contributed by atoms with Gasteiger partial charge in [-0.15, -0.1) is 0 Å². The van der Waals surface area contributed by atoms with Crippen LogP contribution in [0.15, 0.2) is 54.9 Å². The van der Waals surface area contributed by atoms with Crippen molar-refractivity contribution in [3.63, 3.8) is 0 Å². The Morgan fingerprint density at radius 1 is 0.889 bits per heavy atom. The van der Waals surface area contributed by atoms with Crippen molar-refractivity contribution in [1.29, 1.82) is 0 Å². The first-order valence-corrected chi connectivity index (χ1v) is 6.16. The third-order valence-corrected chi connectivity index (χ3v) is 2.99. The molecule has 0 aliphatic heterocycles. The van der Waals surface area contributed by atoms with Crippen LogP contribution in [-0.4, -0.2) is 13.1 Å². The van der Waals surface area contributed by atoms with Gasteiger partial charge in [0.15, 0.2) is 12.4 Å². The van der Waals surface area contributed by atoms with Crippen LogP contribution in [0.4, 0.5) is 5.69 Å². The van der Waals surface area contributed by atoms with Crippen molar-refractivity contribution in [3.05, 3.63) is 54.9 Å². The SMILES string of the molecule is CCN(CC)c1ccc(-[n+]2ccccc2)cc1.[Br-]. The highest BCUT2D eigenvalue weighted by Gasteiger charge is 2.06. The van der Waals surface area contributed by atoms with E-state index in [2.05, 4.69) is 60.0 Å². The molecule has 1 aromatic carbocycles. The molecule has 1 aromatic heterocycles. The first-order chi connectivity index (χ1) is 8.35. The number of nitrogens with zero attached hydrogens (tertiary/aromatic N) is 2. The van der Waals surface area contributed by atoms with E-state index in [1.807, 2.05) is 18.2 Å². The van der Waals surface area contributed by atoms with E-state index in [1.54, 1.807) is 0 Å². The van der Waals surface area contributed by atoms with Gasteiger partial charge in [0.25, 0.3) is 0 Å². The lowest BCUT2D eigenvalue weighted by atomic mass is 10.2. The zero-order valence-electron chi connectivity index (χ0n) is 10.9. The first kappa shape index (κ1) is 14.7. The van der Waals surface area contributed by atoms with E-state index in [9.17, 15) is 0 Å². The Bertz CT molecular complexity index is 450. The molecule has 2 aromatic rings. The molecule has 0 amide bonds. The lowest BCUT2D eigenvalue weighted by Gasteiger charge is -2.20. The molecule has 96 valence electrons. The summed E-state index contributed by atoms with van der Waals surface area (Å²) in [6.07, 6.45) is 4.12. The van der Waals surface area contributed by atoms with Crippen molar-refractivity contribution in [1.82, 2.24) is 0 Å². The number of benzene rings is 1. The van der Waals surface area contributed by atoms with E-state index in [1.165, 1.54) is 11.4 Å². The van der Waals surface area contributed by atoms with Gasteiger partial charge in [0.2, 0.25) is 5.69 Å². The van der Waals surface area contributed by atoms with E-state index in [0.717, 1.165) is 13.1 Å². The summed E-state index contributed by atoms with van der Waals surface area (Å²) < 4.78 is 2.12. The average Bonchev–Trinajstić information content (AvgIpc) is 2.42. The second kappa shape index (κ2) is 7.17. The summed E-state index contributed by atoms with van der Waals surface area (Å²) in [6, 6.07) is 14.8. The maximum atomic E-state index is 2.35. The quantitative estimate of drug-likeness (QED) is 0.711. The normalized spacial score (nSPS) is 9.67. The summed E-state index contributed by atoms with van der Waals surface area (Å²) in [7, 11) is 0. The smallest absolute Gasteiger partial charge is 0.210 e. The van der Waals surface area contributed by atoms with E-state index < -0.39 is 0 Å². The molecule has 18 heavy (non-hydrogen) atoms. The molecule has 0 fully saturated rings. The monoisotopic (exact) mass is 306 g/mol. The van der Waals surface area contributed by atoms with Crippen molar-refractivity contribution in [2.24, 2.45) is 0 Å². The highest BCUT2D eigenvalue weighted by atomic mass is 79.9. The molecule has 0 saturated heterocycles. The topological polar surface area (TPSA) is 7.12 Å². The third-order valence-electron chi connectivity index (χ3n) is 2.99. The average molecular weight is 307 g/mol. The van der Waals surface area contributed by atoms with Gasteiger partial charge in [-0.05, 0) is 26.0 Å². The zero-order chi connectivity index (χ0) is 12.1. The summed E-state index contributed by atoms with van der Waals surface area (Å²) in [5, 5.41) is 0. The molecule has 3 heteroatoms. The number of halogens is 1. The largest absolute Gasteiger partial charge is 1.00 e. The molecule has 0 N–H and O–H groups in total. The van der Waals surface area contributed by atoms with Crippen molar-refractivity contribution in [2.75, 3.05) is 18.0 Å². The van der Waals surface area contributed by atoms with Crippen LogP contribution >= 0.6 is 0 Å². The van der Waals surface area contributed by atoms with Gasteiger partial charge in [-0.25, -0.2) is 0 Å². The number of pyridine rings is 1. The molecule has 1 heterocycles. The third kappa shape index (κ3) is 3.33. The minimum Gasteiger partial charge on any atom is -1.00 e. The van der Waals surface area contributed by atoms with Gasteiger partial charge < -0.3 is 21.9 Å². The summed E-state index contributed by atoms with van der Waals surface area (Å²) in [5.74, 6) is 0. The Morgan fingerprint density at radius 3 is 1.94 bits per heavy atom. The number of hydrogen-bond donors (Lipinski definition) is 0. The Labute approximate surface area is 120 Å². The molecular weight excluding hydrogens is 288 g/mol. The van der Waals surface area contributed by atoms with Gasteiger partial charge in [-0.3, -0.25) is 0 Å². The number of aromatic nitrogens is 1. The van der Waals surface area contributed by atoms with Gasteiger partial charge in [-0.1, -0.05) is 6.07 Å². The van der Waals surface area contributed by atoms with Crippen LogP contribution in [0, 0.1) is 0 Å². The minimum absolute atomic E-state index is 0. The molecular formula is C15H19BrN2. The van der Waals surface area contributed by atoms with Crippen LogP contribution in [-0.2, 0) is 0 Å². The van der Waals surface area contributed by atoms with E-state index >= 15 is 0 Å². The fraction of sp³-hybridized carbons (Fsp3) is 0.267. The van der Waals surface area contributed by atoms with Crippen molar-refractivity contribution >= 4 is 5.69 Å². The van der Waals surface area contributed by atoms with Crippen LogP contribution < -0.4 is 26.4 Å². The fourth-order valence-electron chi connectivity index (χ4n) is 2.00. The number of hydrogen-bond acceptors (Lipinski definition) is 1. The molecule has 0 atom stereocenters. The Morgan fingerprint density at radius 2 is 1.44 bits per heavy atom.